The fourth-order valence-corrected chi connectivity index (χ4v) is 3.12. The minimum absolute atomic E-state index is 0.0171. The molecular formula is C14H21NO3S. The molecular weight excluding hydrogens is 262 g/mol. The van der Waals surface area contributed by atoms with Gasteiger partial charge in [0, 0.05) is 11.4 Å². The molecule has 0 radical (unpaired) electrons. The Balaban J connectivity index is 1.83. The van der Waals surface area contributed by atoms with E-state index in [0.29, 0.717) is 26.2 Å². The van der Waals surface area contributed by atoms with Gasteiger partial charge in [-0.1, -0.05) is 13.0 Å². The molecule has 1 aliphatic heterocycles. The number of carbonyl (C=O) groups excluding carboxylic acids is 1. The van der Waals surface area contributed by atoms with Crippen molar-refractivity contribution in [2.24, 2.45) is 5.92 Å². The van der Waals surface area contributed by atoms with E-state index >= 15 is 0 Å². The zero-order valence-corrected chi connectivity index (χ0v) is 12.3. The maximum Gasteiger partial charge on any atom is 0.228 e. The molecule has 4 nitrogen and oxygen atoms in total. The van der Waals surface area contributed by atoms with Gasteiger partial charge in [-0.25, -0.2) is 0 Å². The van der Waals surface area contributed by atoms with Gasteiger partial charge in [0.25, 0.3) is 0 Å². The lowest BCUT2D eigenvalue weighted by Crippen LogP contribution is -2.46. The highest BCUT2D eigenvalue weighted by molar-refractivity contribution is 7.09. The molecule has 1 atom stereocenters. The average Bonchev–Trinajstić information content (AvgIpc) is 3.02. The van der Waals surface area contributed by atoms with E-state index in [2.05, 4.69) is 11.4 Å². The number of nitrogens with one attached hydrogen (secondary N) is 1. The van der Waals surface area contributed by atoms with Crippen molar-refractivity contribution in [3.05, 3.63) is 22.4 Å². The van der Waals surface area contributed by atoms with Crippen LogP contribution >= 0.6 is 11.3 Å². The molecule has 2 heterocycles. The smallest absolute Gasteiger partial charge is 0.228 e. The summed E-state index contributed by atoms with van der Waals surface area (Å²) in [5.74, 6) is -0.997. The topological polar surface area (TPSA) is 47.6 Å². The van der Waals surface area contributed by atoms with E-state index in [0.717, 1.165) is 6.42 Å². The minimum Gasteiger partial charge on any atom is -0.355 e. The van der Waals surface area contributed by atoms with Crippen LogP contribution in [0.1, 0.15) is 25.1 Å². The van der Waals surface area contributed by atoms with Crippen LogP contribution in [-0.2, 0) is 20.7 Å². The molecule has 1 N–H and O–H groups in total. The quantitative estimate of drug-likeness (QED) is 0.870. The van der Waals surface area contributed by atoms with Crippen molar-refractivity contribution < 1.29 is 14.3 Å². The largest absolute Gasteiger partial charge is 0.355 e. The van der Waals surface area contributed by atoms with Crippen molar-refractivity contribution in [1.82, 2.24) is 5.32 Å². The third-order valence-electron chi connectivity index (χ3n) is 3.47. The van der Waals surface area contributed by atoms with Gasteiger partial charge in [-0.3, -0.25) is 4.79 Å². The summed E-state index contributed by atoms with van der Waals surface area (Å²) in [6, 6.07) is 4.11. The Bertz CT molecular complexity index is 399. The monoisotopic (exact) mass is 283 g/mol. The van der Waals surface area contributed by atoms with Gasteiger partial charge < -0.3 is 14.8 Å². The summed E-state index contributed by atoms with van der Waals surface area (Å²) < 4.78 is 11.2. The SMILES string of the molecule is CCC(C(=O)NCCc1cccs1)C1(C)OCCO1. The van der Waals surface area contributed by atoms with Crippen LogP contribution in [0.3, 0.4) is 0 Å². The lowest BCUT2D eigenvalue weighted by atomic mass is 9.96. The Kier molecular flexibility index (Phi) is 4.96. The first-order valence-electron chi connectivity index (χ1n) is 6.73. The first-order valence-corrected chi connectivity index (χ1v) is 7.61. The molecule has 0 aromatic carbocycles. The Morgan fingerprint density at radius 1 is 1.53 bits per heavy atom. The van der Waals surface area contributed by atoms with Crippen molar-refractivity contribution in [2.45, 2.75) is 32.5 Å². The molecule has 1 saturated heterocycles. The molecule has 1 amide bonds. The summed E-state index contributed by atoms with van der Waals surface area (Å²) in [5, 5.41) is 5.03. The first-order chi connectivity index (χ1) is 9.15. The fraction of sp³-hybridized carbons (Fsp3) is 0.643. The summed E-state index contributed by atoms with van der Waals surface area (Å²) in [6.07, 6.45) is 1.58. The predicted molar refractivity (Wildman–Crippen MR) is 75.1 cm³/mol. The molecule has 0 bridgehead atoms. The van der Waals surface area contributed by atoms with E-state index < -0.39 is 5.79 Å². The number of thiophene rings is 1. The molecule has 0 saturated carbocycles. The number of carbonyl (C=O) groups is 1. The third kappa shape index (κ3) is 3.55. The van der Waals surface area contributed by atoms with Crippen LogP contribution in [0.2, 0.25) is 0 Å². The standard InChI is InChI=1S/C14H21NO3S/c1-3-12(14(2)17-8-9-18-14)13(16)15-7-6-11-5-4-10-19-11/h4-5,10,12H,3,6-9H2,1-2H3,(H,15,16). The van der Waals surface area contributed by atoms with Gasteiger partial charge in [0.05, 0.1) is 19.1 Å². The van der Waals surface area contributed by atoms with Gasteiger partial charge in [0.2, 0.25) is 5.91 Å². The number of amides is 1. The summed E-state index contributed by atoms with van der Waals surface area (Å²) in [5.41, 5.74) is 0. The van der Waals surface area contributed by atoms with E-state index in [1.165, 1.54) is 4.88 Å². The van der Waals surface area contributed by atoms with E-state index in [1.54, 1.807) is 11.3 Å². The van der Waals surface area contributed by atoms with Crippen molar-refractivity contribution in [1.29, 1.82) is 0 Å². The zero-order chi connectivity index (χ0) is 13.7. The molecule has 0 spiro atoms. The highest BCUT2D eigenvalue weighted by Gasteiger charge is 2.42. The van der Waals surface area contributed by atoms with Crippen molar-refractivity contribution >= 4 is 17.2 Å². The lowest BCUT2D eigenvalue weighted by Gasteiger charge is -2.30. The van der Waals surface area contributed by atoms with Gasteiger partial charge in [0.1, 0.15) is 0 Å². The Morgan fingerprint density at radius 3 is 2.84 bits per heavy atom. The Hall–Kier alpha value is -0.910. The Labute approximate surface area is 118 Å². The zero-order valence-electron chi connectivity index (χ0n) is 11.5. The predicted octanol–water partition coefficient (Wildman–Crippen LogP) is 2.20. The second-order valence-electron chi connectivity index (χ2n) is 4.79. The minimum atomic E-state index is -0.762. The average molecular weight is 283 g/mol. The van der Waals surface area contributed by atoms with E-state index in [-0.39, 0.29) is 11.8 Å². The van der Waals surface area contributed by atoms with E-state index in [1.807, 2.05) is 25.3 Å². The van der Waals surface area contributed by atoms with E-state index in [4.69, 9.17) is 9.47 Å². The van der Waals surface area contributed by atoms with Crippen molar-refractivity contribution in [2.75, 3.05) is 19.8 Å². The van der Waals surface area contributed by atoms with Gasteiger partial charge in [-0.05, 0) is 31.2 Å². The molecule has 106 valence electrons. The molecule has 2 rings (SSSR count). The number of rotatable bonds is 6. The molecule has 1 unspecified atom stereocenters. The third-order valence-corrected chi connectivity index (χ3v) is 4.41. The van der Waals surface area contributed by atoms with Crippen LogP contribution in [0.25, 0.3) is 0 Å². The highest BCUT2D eigenvalue weighted by Crippen LogP contribution is 2.30. The fourth-order valence-electron chi connectivity index (χ4n) is 2.41. The normalized spacial score (nSPS) is 19.3. The molecule has 5 heteroatoms. The number of ether oxygens (including phenoxy) is 2. The number of hydrogen-bond donors (Lipinski definition) is 1. The molecule has 1 aromatic heterocycles. The first kappa shape index (κ1) is 14.5. The summed E-state index contributed by atoms with van der Waals surface area (Å²) in [7, 11) is 0. The van der Waals surface area contributed by atoms with Gasteiger partial charge in [-0.15, -0.1) is 11.3 Å². The lowest BCUT2D eigenvalue weighted by molar-refractivity contribution is -0.187. The summed E-state index contributed by atoms with van der Waals surface area (Å²) in [6.45, 7) is 5.63. The summed E-state index contributed by atoms with van der Waals surface area (Å²) >= 11 is 1.71. The van der Waals surface area contributed by atoms with Crippen molar-refractivity contribution in [3.8, 4) is 0 Å². The van der Waals surface area contributed by atoms with Crippen molar-refractivity contribution in [3.63, 3.8) is 0 Å². The summed E-state index contributed by atoms with van der Waals surface area (Å²) in [4.78, 5) is 13.5. The molecule has 1 fully saturated rings. The van der Waals surface area contributed by atoms with Crippen LogP contribution in [0.15, 0.2) is 17.5 Å². The molecule has 0 aliphatic carbocycles. The molecule has 1 aliphatic rings. The number of hydrogen-bond acceptors (Lipinski definition) is 4. The van der Waals surface area contributed by atoms with Crippen LogP contribution in [-0.4, -0.2) is 31.5 Å². The maximum absolute atomic E-state index is 12.2. The second-order valence-corrected chi connectivity index (χ2v) is 5.83. The highest BCUT2D eigenvalue weighted by atomic mass is 32.1. The van der Waals surface area contributed by atoms with Crippen LogP contribution in [0.5, 0.6) is 0 Å². The van der Waals surface area contributed by atoms with Gasteiger partial charge in [0.15, 0.2) is 5.79 Å². The maximum atomic E-state index is 12.2. The Morgan fingerprint density at radius 2 is 2.26 bits per heavy atom. The second kappa shape index (κ2) is 6.50. The molecule has 1 aromatic rings. The van der Waals surface area contributed by atoms with Crippen LogP contribution < -0.4 is 5.32 Å². The van der Waals surface area contributed by atoms with Crippen LogP contribution in [0, 0.1) is 5.92 Å². The molecule has 19 heavy (non-hydrogen) atoms. The van der Waals surface area contributed by atoms with Gasteiger partial charge >= 0.3 is 0 Å². The van der Waals surface area contributed by atoms with E-state index in [9.17, 15) is 4.79 Å². The van der Waals surface area contributed by atoms with Crippen LogP contribution in [0.4, 0.5) is 0 Å². The van der Waals surface area contributed by atoms with Gasteiger partial charge in [-0.2, -0.15) is 0 Å².